The number of fused-ring (bicyclic) bond motifs is 1. The molecule has 0 spiro atoms. The first-order valence-corrected chi connectivity index (χ1v) is 7.19. The zero-order valence-corrected chi connectivity index (χ0v) is 12.7. The van der Waals surface area contributed by atoms with Crippen molar-refractivity contribution in [1.82, 2.24) is 4.90 Å². The third kappa shape index (κ3) is 3.61. The van der Waals surface area contributed by atoms with Crippen LogP contribution in [0.3, 0.4) is 0 Å². The van der Waals surface area contributed by atoms with Crippen molar-refractivity contribution in [3.05, 3.63) is 34.9 Å². The lowest BCUT2D eigenvalue weighted by Gasteiger charge is -2.26. The summed E-state index contributed by atoms with van der Waals surface area (Å²) < 4.78 is 10.3. The zero-order chi connectivity index (χ0) is 15.4. The van der Waals surface area contributed by atoms with Crippen LogP contribution in [0.15, 0.2) is 18.2 Å². The molecule has 2 rings (SSSR count). The van der Waals surface area contributed by atoms with Crippen molar-refractivity contribution >= 4 is 11.9 Å². The van der Waals surface area contributed by atoms with Crippen molar-refractivity contribution in [3.63, 3.8) is 0 Å². The van der Waals surface area contributed by atoms with Gasteiger partial charge in [-0.1, -0.05) is 6.07 Å². The standard InChI is InChI=1S/C16H21NO4/c1-4-21-15(18)8-17(11(2)3)16(19)12-5-6-13-9-20-10-14(13)7-12/h5-7,11H,4,8-10H2,1-3H3. The van der Waals surface area contributed by atoms with Crippen LogP contribution in [0.4, 0.5) is 0 Å². The molecule has 0 saturated heterocycles. The van der Waals surface area contributed by atoms with Crippen molar-refractivity contribution < 1.29 is 19.1 Å². The fraction of sp³-hybridized carbons (Fsp3) is 0.500. The number of rotatable bonds is 5. The molecule has 0 saturated carbocycles. The van der Waals surface area contributed by atoms with Gasteiger partial charge in [-0.25, -0.2) is 0 Å². The first-order chi connectivity index (χ1) is 10.0. The van der Waals surface area contributed by atoms with Crippen LogP contribution in [0.2, 0.25) is 0 Å². The Morgan fingerprint density at radius 3 is 2.67 bits per heavy atom. The molecule has 1 aliphatic rings. The highest BCUT2D eigenvalue weighted by Gasteiger charge is 2.23. The summed E-state index contributed by atoms with van der Waals surface area (Å²) in [4.78, 5) is 25.8. The van der Waals surface area contributed by atoms with Gasteiger partial charge in [-0.05, 0) is 44.0 Å². The van der Waals surface area contributed by atoms with E-state index in [1.165, 1.54) is 4.90 Å². The van der Waals surface area contributed by atoms with Crippen LogP contribution in [-0.4, -0.2) is 36.0 Å². The van der Waals surface area contributed by atoms with Gasteiger partial charge in [-0.15, -0.1) is 0 Å². The molecule has 1 heterocycles. The lowest BCUT2D eigenvalue weighted by atomic mass is 10.1. The second-order valence-corrected chi connectivity index (χ2v) is 5.31. The Kier molecular flexibility index (Phi) is 4.96. The van der Waals surface area contributed by atoms with Crippen molar-refractivity contribution in [1.29, 1.82) is 0 Å². The van der Waals surface area contributed by atoms with Crippen molar-refractivity contribution in [3.8, 4) is 0 Å². The van der Waals surface area contributed by atoms with E-state index in [1.807, 2.05) is 26.0 Å². The smallest absolute Gasteiger partial charge is 0.325 e. The number of carbonyl (C=O) groups is 2. The molecule has 21 heavy (non-hydrogen) atoms. The lowest BCUT2D eigenvalue weighted by Crippen LogP contribution is -2.41. The van der Waals surface area contributed by atoms with Crippen LogP contribution in [0.1, 0.15) is 42.3 Å². The maximum Gasteiger partial charge on any atom is 0.325 e. The molecular weight excluding hydrogens is 270 g/mol. The zero-order valence-electron chi connectivity index (χ0n) is 12.7. The van der Waals surface area contributed by atoms with Gasteiger partial charge in [-0.3, -0.25) is 9.59 Å². The fourth-order valence-corrected chi connectivity index (χ4v) is 2.31. The molecular formula is C16H21NO4. The molecule has 5 nitrogen and oxygen atoms in total. The average Bonchev–Trinajstić information content (AvgIpc) is 2.91. The molecule has 0 aromatic heterocycles. The van der Waals surface area contributed by atoms with E-state index in [4.69, 9.17) is 9.47 Å². The number of benzene rings is 1. The quantitative estimate of drug-likeness (QED) is 0.780. The maximum atomic E-state index is 12.6. The summed E-state index contributed by atoms with van der Waals surface area (Å²) in [6.45, 7) is 6.94. The maximum absolute atomic E-state index is 12.6. The van der Waals surface area contributed by atoms with E-state index in [-0.39, 0.29) is 24.5 Å². The first kappa shape index (κ1) is 15.5. The van der Waals surface area contributed by atoms with E-state index >= 15 is 0 Å². The highest BCUT2D eigenvalue weighted by molar-refractivity contribution is 5.96. The number of esters is 1. The number of amides is 1. The molecule has 0 bridgehead atoms. The molecule has 114 valence electrons. The summed E-state index contributed by atoms with van der Waals surface area (Å²) in [5.74, 6) is -0.545. The van der Waals surface area contributed by atoms with E-state index in [2.05, 4.69) is 0 Å². The Hall–Kier alpha value is -1.88. The molecule has 5 heteroatoms. The molecule has 1 aliphatic heterocycles. The summed E-state index contributed by atoms with van der Waals surface area (Å²) in [5.41, 5.74) is 2.74. The lowest BCUT2D eigenvalue weighted by molar-refractivity contribution is -0.144. The van der Waals surface area contributed by atoms with Gasteiger partial charge in [0, 0.05) is 11.6 Å². The van der Waals surface area contributed by atoms with Gasteiger partial charge < -0.3 is 14.4 Å². The van der Waals surface area contributed by atoms with Crippen LogP contribution in [0.5, 0.6) is 0 Å². The number of nitrogens with zero attached hydrogens (tertiary/aromatic N) is 1. The second-order valence-electron chi connectivity index (χ2n) is 5.31. The number of carbonyl (C=O) groups excluding carboxylic acids is 2. The number of hydrogen-bond acceptors (Lipinski definition) is 4. The van der Waals surface area contributed by atoms with Crippen molar-refractivity contribution in [2.45, 2.75) is 40.0 Å². The Morgan fingerprint density at radius 2 is 2.00 bits per heavy atom. The van der Waals surface area contributed by atoms with Crippen LogP contribution in [-0.2, 0) is 27.5 Å². The number of ether oxygens (including phenoxy) is 2. The molecule has 0 radical (unpaired) electrons. The van der Waals surface area contributed by atoms with E-state index < -0.39 is 0 Å². The van der Waals surface area contributed by atoms with Crippen LogP contribution in [0, 0.1) is 0 Å². The molecule has 0 atom stereocenters. The van der Waals surface area contributed by atoms with E-state index in [0.29, 0.717) is 25.4 Å². The van der Waals surface area contributed by atoms with Gasteiger partial charge >= 0.3 is 5.97 Å². The summed E-state index contributed by atoms with van der Waals surface area (Å²) >= 11 is 0. The van der Waals surface area contributed by atoms with Crippen LogP contribution in [0.25, 0.3) is 0 Å². The Balaban J connectivity index is 2.16. The predicted molar refractivity (Wildman–Crippen MR) is 77.7 cm³/mol. The van der Waals surface area contributed by atoms with E-state index in [1.54, 1.807) is 13.0 Å². The topological polar surface area (TPSA) is 55.8 Å². The minimum absolute atomic E-state index is 0.0298. The van der Waals surface area contributed by atoms with E-state index in [0.717, 1.165) is 11.1 Å². The SMILES string of the molecule is CCOC(=O)CN(C(=O)c1ccc2c(c1)COC2)C(C)C. The molecule has 0 unspecified atom stereocenters. The fourth-order valence-electron chi connectivity index (χ4n) is 2.31. The Labute approximate surface area is 124 Å². The summed E-state index contributed by atoms with van der Waals surface area (Å²) in [7, 11) is 0. The third-order valence-electron chi connectivity index (χ3n) is 3.46. The van der Waals surface area contributed by atoms with Gasteiger partial charge in [0.05, 0.1) is 19.8 Å². The predicted octanol–water partition coefficient (Wildman–Crippen LogP) is 2.13. The molecule has 0 aliphatic carbocycles. The summed E-state index contributed by atoms with van der Waals surface area (Å²) in [6.07, 6.45) is 0. The molecule has 1 aromatic rings. The molecule has 1 amide bonds. The van der Waals surface area contributed by atoms with Gasteiger partial charge in [0.15, 0.2) is 0 Å². The third-order valence-corrected chi connectivity index (χ3v) is 3.46. The average molecular weight is 291 g/mol. The van der Waals surface area contributed by atoms with Gasteiger partial charge in [0.1, 0.15) is 6.54 Å². The second kappa shape index (κ2) is 6.72. The minimum Gasteiger partial charge on any atom is -0.465 e. The largest absolute Gasteiger partial charge is 0.465 e. The van der Waals surface area contributed by atoms with Gasteiger partial charge in [-0.2, -0.15) is 0 Å². The highest BCUT2D eigenvalue weighted by Crippen LogP contribution is 2.22. The Bertz CT molecular complexity index is 539. The minimum atomic E-state index is -0.385. The van der Waals surface area contributed by atoms with Crippen molar-refractivity contribution in [2.24, 2.45) is 0 Å². The monoisotopic (exact) mass is 291 g/mol. The molecule has 0 fully saturated rings. The Morgan fingerprint density at radius 1 is 1.29 bits per heavy atom. The molecule has 1 aromatic carbocycles. The first-order valence-electron chi connectivity index (χ1n) is 7.19. The van der Waals surface area contributed by atoms with Gasteiger partial charge in [0.25, 0.3) is 5.91 Å². The number of hydrogen-bond donors (Lipinski definition) is 0. The van der Waals surface area contributed by atoms with Crippen LogP contribution >= 0.6 is 0 Å². The normalized spacial score (nSPS) is 13.1. The van der Waals surface area contributed by atoms with Crippen molar-refractivity contribution in [2.75, 3.05) is 13.2 Å². The van der Waals surface area contributed by atoms with Gasteiger partial charge in [0.2, 0.25) is 0 Å². The van der Waals surface area contributed by atoms with E-state index in [9.17, 15) is 9.59 Å². The highest BCUT2D eigenvalue weighted by atomic mass is 16.5. The molecule has 0 N–H and O–H groups in total. The summed E-state index contributed by atoms with van der Waals surface area (Å²) in [5, 5.41) is 0. The van der Waals surface area contributed by atoms with Crippen LogP contribution < -0.4 is 0 Å². The summed E-state index contributed by atoms with van der Waals surface area (Å²) in [6, 6.07) is 5.48.